The number of nitro groups is 1. The van der Waals surface area contributed by atoms with Crippen LogP contribution < -0.4 is 4.74 Å². The molecule has 0 N–H and O–H groups in total. The summed E-state index contributed by atoms with van der Waals surface area (Å²) < 4.78 is 5.62. The molecular weight excluding hydrogens is 304 g/mol. The molecule has 0 saturated heterocycles. The topological polar surface area (TPSA) is 76.2 Å². The van der Waals surface area contributed by atoms with Gasteiger partial charge >= 0.3 is 0 Å². The molecule has 0 unspecified atom stereocenters. The third-order valence-corrected chi connectivity index (χ3v) is 3.28. The predicted octanol–water partition coefficient (Wildman–Crippen LogP) is 4.69. The third-order valence-electron chi connectivity index (χ3n) is 3.28. The highest BCUT2D eigenvalue weighted by atomic mass is 16.6. The summed E-state index contributed by atoms with van der Waals surface area (Å²) in [6.45, 7) is 4.82. The van der Waals surface area contributed by atoms with Crippen LogP contribution in [0.1, 0.15) is 25.0 Å². The number of nitro benzene ring substituents is 1. The molecule has 2 aromatic rings. The summed E-state index contributed by atoms with van der Waals surface area (Å²) >= 11 is 0. The Morgan fingerprint density at radius 2 is 1.83 bits per heavy atom. The molecule has 0 aliphatic heterocycles. The Morgan fingerprint density at radius 3 is 2.33 bits per heavy atom. The molecule has 0 atom stereocenters. The Morgan fingerprint density at radius 1 is 1.21 bits per heavy atom. The van der Waals surface area contributed by atoms with Crippen molar-refractivity contribution in [3.05, 3.63) is 69.8 Å². The molecule has 0 aromatic heterocycles. The SMILES string of the molecule is CC(C)COc1ccc(/C=C(/C#N)c2ccc([N+](=O)[O-])cc2)cc1. The van der Waals surface area contributed by atoms with Gasteiger partial charge in [-0.3, -0.25) is 10.1 Å². The van der Waals surface area contributed by atoms with Gasteiger partial charge < -0.3 is 4.74 Å². The van der Waals surface area contributed by atoms with Gasteiger partial charge in [-0.15, -0.1) is 0 Å². The molecule has 0 fully saturated rings. The summed E-state index contributed by atoms with van der Waals surface area (Å²) in [6.07, 6.45) is 1.74. The number of benzene rings is 2. The van der Waals surface area contributed by atoms with Gasteiger partial charge in [-0.2, -0.15) is 5.26 Å². The first-order valence-electron chi connectivity index (χ1n) is 7.59. The molecule has 0 spiro atoms. The lowest BCUT2D eigenvalue weighted by Gasteiger charge is -2.08. The Labute approximate surface area is 141 Å². The molecule has 5 heteroatoms. The highest BCUT2D eigenvalue weighted by molar-refractivity contribution is 5.89. The zero-order valence-corrected chi connectivity index (χ0v) is 13.6. The Kier molecular flexibility index (Phi) is 5.69. The molecule has 0 aliphatic carbocycles. The first-order chi connectivity index (χ1) is 11.5. The van der Waals surface area contributed by atoms with E-state index >= 15 is 0 Å². The molecule has 0 saturated carbocycles. The van der Waals surface area contributed by atoms with Crippen LogP contribution in [0.4, 0.5) is 5.69 Å². The fourth-order valence-electron chi connectivity index (χ4n) is 2.03. The third kappa shape index (κ3) is 4.68. The maximum Gasteiger partial charge on any atom is 0.269 e. The van der Waals surface area contributed by atoms with Crippen LogP contribution in [0, 0.1) is 27.4 Å². The second-order valence-corrected chi connectivity index (χ2v) is 5.75. The highest BCUT2D eigenvalue weighted by Gasteiger charge is 2.07. The van der Waals surface area contributed by atoms with Crippen LogP contribution >= 0.6 is 0 Å². The molecule has 2 aromatic carbocycles. The van der Waals surface area contributed by atoms with Crippen molar-refractivity contribution in [3.8, 4) is 11.8 Å². The van der Waals surface area contributed by atoms with Crippen LogP contribution in [0.3, 0.4) is 0 Å². The lowest BCUT2D eigenvalue weighted by Crippen LogP contribution is -2.04. The second kappa shape index (κ2) is 7.93. The number of hydrogen-bond acceptors (Lipinski definition) is 4. The van der Waals surface area contributed by atoms with Crippen LogP contribution in [0.25, 0.3) is 11.6 Å². The molecule has 0 heterocycles. The van der Waals surface area contributed by atoms with Crippen molar-refractivity contribution >= 4 is 17.3 Å². The average Bonchev–Trinajstić information content (AvgIpc) is 2.59. The first kappa shape index (κ1) is 17.2. The Bertz CT molecular complexity index is 770. The van der Waals surface area contributed by atoms with Crippen LogP contribution in [-0.4, -0.2) is 11.5 Å². The molecule has 0 bridgehead atoms. The van der Waals surface area contributed by atoms with E-state index in [1.54, 1.807) is 18.2 Å². The molecule has 0 aliphatic rings. The number of nitrogens with zero attached hydrogens (tertiary/aromatic N) is 2. The molecule has 0 amide bonds. The summed E-state index contributed by atoms with van der Waals surface area (Å²) in [4.78, 5) is 10.2. The van der Waals surface area contributed by atoms with E-state index in [4.69, 9.17) is 4.74 Å². The fraction of sp³-hybridized carbons (Fsp3) is 0.211. The van der Waals surface area contributed by atoms with Crippen LogP contribution in [-0.2, 0) is 0 Å². The highest BCUT2D eigenvalue weighted by Crippen LogP contribution is 2.22. The lowest BCUT2D eigenvalue weighted by molar-refractivity contribution is -0.384. The van der Waals surface area contributed by atoms with E-state index in [0.717, 1.165) is 11.3 Å². The van der Waals surface area contributed by atoms with Crippen molar-refractivity contribution in [2.75, 3.05) is 6.61 Å². The van der Waals surface area contributed by atoms with E-state index in [9.17, 15) is 15.4 Å². The standard InChI is InChI=1S/C19H18N2O3/c1-14(2)13-24-19-9-3-15(4-10-19)11-17(12-20)16-5-7-18(8-6-16)21(22)23/h3-11,14H,13H2,1-2H3/b17-11-. The van der Waals surface area contributed by atoms with E-state index in [-0.39, 0.29) is 5.69 Å². The van der Waals surface area contributed by atoms with Gasteiger partial charge in [-0.05, 0) is 47.4 Å². The van der Waals surface area contributed by atoms with Gasteiger partial charge in [0.15, 0.2) is 0 Å². The smallest absolute Gasteiger partial charge is 0.269 e. The van der Waals surface area contributed by atoms with Crippen molar-refractivity contribution in [2.45, 2.75) is 13.8 Å². The number of nitriles is 1. The predicted molar refractivity (Wildman–Crippen MR) is 93.4 cm³/mol. The number of rotatable bonds is 6. The van der Waals surface area contributed by atoms with Crippen LogP contribution in [0.15, 0.2) is 48.5 Å². The molecule has 0 radical (unpaired) electrons. The van der Waals surface area contributed by atoms with Crippen molar-refractivity contribution in [1.82, 2.24) is 0 Å². The van der Waals surface area contributed by atoms with Gasteiger partial charge in [0.25, 0.3) is 5.69 Å². The van der Waals surface area contributed by atoms with Gasteiger partial charge in [0.05, 0.1) is 23.2 Å². The zero-order valence-electron chi connectivity index (χ0n) is 13.6. The summed E-state index contributed by atoms with van der Waals surface area (Å²) in [5.41, 5.74) is 1.95. The van der Waals surface area contributed by atoms with Gasteiger partial charge in [0, 0.05) is 12.1 Å². The summed E-state index contributed by atoms with van der Waals surface area (Å²) in [5.74, 6) is 1.24. The average molecular weight is 322 g/mol. The maximum atomic E-state index is 10.7. The van der Waals surface area contributed by atoms with Crippen LogP contribution in [0.5, 0.6) is 5.75 Å². The quantitative estimate of drug-likeness (QED) is 0.334. The van der Waals surface area contributed by atoms with E-state index < -0.39 is 4.92 Å². The largest absolute Gasteiger partial charge is 0.493 e. The van der Waals surface area contributed by atoms with Crippen molar-refractivity contribution in [1.29, 1.82) is 5.26 Å². The number of non-ortho nitro benzene ring substituents is 1. The van der Waals surface area contributed by atoms with Crippen molar-refractivity contribution < 1.29 is 9.66 Å². The minimum Gasteiger partial charge on any atom is -0.493 e. The molecular formula is C19H18N2O3. The minimum atomic E-state index is -0.463. The number of hydrogen-bond donors (Lipinski definition) is 0. The van der Waals surface area contributed by atoms with E-state index in [2.05, 4.69) is 19.9 Å². The normalized spacial score (nSPS) is 11.2. The second-order valence-electron chi connectivity index (χ2n) is 5.75. The molecule has 2 rings (SSSR count). The first-order valence-corrected chi connectivity index (χ1v) is 7.59. The van der Waals surface area contributed by atoms with E-state index in [0.29, 0.717) is 23.7 Å². The monoisotopic (exact) mass is 322 g/mol. The molecule has 5 nitrogen and oxygen atoms in total. The summed E-state index contributed by atoms with van der Waals surface area (Å²) in [6, 6.07) is 15.5. The molecule has 122 valence electrons. The van der Waals surface area contributed by atoms with Gasteiger partial charge in [0.2, 0.25) is 0 Å². The van der Waals surface area contributed by atoms with Gasteiger partial charge in [0.1, 0.15) is 5.75 Å². The molecule has 24 heavy (non-hydrogen) atoms. The van der Waals surface area contributed by atoms with Gasteiger partial charge in [-0.25, -0.2) is 0 Å². The van der Waals surface area contributed by atoms with Crippen molar-refractivity contribution in [2.24, 2.45) is 5.92 Å². The van der Waals surface area contributed by atoms with E-state index in [1.165, 1.54) is 12.1 Å². The summed E-state index contributed by atoms with van der Waals surface area (Å²) in [7, 11) is 0. The Balaban J connectivity index is 2.18. The van der Waals surface area contributed by atoms with Gasteiger partial charge in [-0.1, -0.05) is 26.0 Å². The zero-order chi connectivity index (χ0) is 17.5. The van der Waals surface area contributed by atoms with E-state index in [1.807, 2.05) is 24.3 Å². The maximum absolute atomic E-state index is 10.7. The van der Waals surface area contributed by atoms with Crippen molar-refractivity contribution in [3.63, 3.8) is 0 Å². The number of ether oxygens (including phenoxy) is 1. The number of allylic oxidation sites excluding steroid dienone is 1. The Hall–Kier alpha value is -3.13. The lowest BCUT2D eigenvalue weighted by atomic mass is 10.0. The summed E-state index contributed by atoms with van der Waals surface area (Å²) in [5, 5.41) is 20.0. The fourth-order valence-corrected chi connectivity index (χ4v) is 2.03. The van der Waals surface area contributed by atoms with Crippen LogP contribution in [0.2, 0.25) is 0 Å². The minimum absolute atomic E-state index is 0.00249.